The van der Waals surface area contributed by atoms with Gasteiger partial charge in [0.15, 0.2) is 0 Å². The minimum Gasteiger partial charge on any atom is -0.395 e. The number of hydrogen-bond donors (Lipinski definition) is 1. The highest BCUT2D eigenvalue weighted by atomic mass is 19.1. The van der Waals surface area contributed by atoms with E-state index in [4.69, 9.17) is 0 Å². The van der Waals surface area contributed by atoms with E-state index in [1.807, 2.05) is 60.7 Å². The molecule has 1 N–H and O–H groups in total. The van der Waals surface area contributed by atoms with E-state index in [0.29, 0.717) is 25.1 Å². The van der Waals surface area contributed by atoms with E-state index < -0.39 is 11.6 Å². The lowest BCUT2D eigenvalue weighted by Gasteiger charge is -2.31. The highest BCUT2D eigenvalue weighted by molar-refractivity contribution is 5.21. The van der Waals surface area contributed by atoms with Crippen LogP contribution in [0.4, 0.5) is 8.78 Å². The molecule has 3 rings (SSSR count). The van der Waals surface area contributed by atoms with Crippen LogP contribution < -0.4 is 0 Å². The second kappa shape index (κ2) is 9.40. The quantitative estimate of drug-likeness (QED) is 0.630. The lowest BCUT2D eigenvalue weighted by molar-refractivity contribution is 0.109. The minimum atomic E-state index is -0.598. The van der Waals surface area contributed by atoms with E-state index in [2.05, 4.69) is 4.90 Å². The average Bonchev–Trinajstić information content (AvgIpc) is 2.66. The number of hydrogen-bond acceptors (Lipinski definition) is 2. The summed E-state index contributed by atoms with van der Waals surface area (Å²) in [6.45, 7) is 1.18. The molecule has 0 fully saturated rings. The molecule has 0 heterocycles. The molecule has 0 aliphatic carbocycles. The van der Waals surface area contributed by atoms with Crippen LogP contribution in [-0.2, 0) is 19.5 Å². The van der Waals surface area contributed by atoms with Crippen molar-refractivity contribution in [2.75, 3.05) is 6.61 Å². The Labute approximate surface area is 158 Å². The Bertz CT molecular complexity index is 778. The second-order valence-corrected chi connectivity index (χ2v) is 6.69. The number of benzene rings is 3. The van der Waals surface area contributed by atoms with Gasteiger partial charge in [-0.05, 0) is 35.2 Å². The molecule has 3 aromatic carbocycles. The van der Waals surface area contributed by atoms with Gasteiger partial charge in [-0.25, -0.2) is 8.78 Å². The molecule has 0 bridgehead atoms. The Morgan fingerprint density at radius 1 is 0.704 bits per heavy atom. The van der Waals surface area contributed by atoms with Crippen LogP contribution >= 0.6 is 0 Å². The van der Waals surface area contributed by atoms with E-state index in [1.165, 1.54) is 12.1 Å². The molecule has 3 aromatic rings. The van der Waals surface area contributed by atoms with Gasteiger partial charge in [0.05, 0.1) is 6.61 Å². The largest absolute Gasteiger partial charge is 0.395 e. The Morgan fingerprint density at radius 3 is 1.63 bits per heavy atom. The summed E-state index contributed by atoms with van der Waals surface area (Å²) >= 11 is 0. The van der Waals surface area contributed by atoms with Gasteiger partial charge in [-0.15, -0.1) is 0 Å². The second-order valence-electron chi connectivity index (χ2n) is 6.69. The maximum atomic E-state index is 13.6. The molecule has 0 aliphatic rings. The third-order valence-electron chi connectivity index (χ3n) is 4.58. The molecule has 140 valence electrons. The van der Waals surface area contributed by atoms with Gasteiger partial charge in [0.25, 0.3) is 0 Å². The van der Waals surface area contributed by atoms with Gasteiger partial charge in [0.2, 0.25) is 0 Å². The standard InChI is InChI=1S/C23H23F2NO/c24-21-11-20(12-22(25)14-21)13-23(17-27)26(15-18-7-3-1-4-8-18)16-19-9-5-2-6-10-19/h1-12,14,23,27H,13,15-17H2. The van der Waals surface area contributed by atoms with Crippen LogP contribution in [0.25, 0.3) is 0 Å². The normalized spacial score (nSPS) is 12.3. The molecule has 4 heteroatoms. The number of halogens is 2. The predicted molar refractivity (Wildman–Crippen MR) is 103 cm³/mol. The first-order valence-corrected chi connectivity index (χ1v) is 9.02. The summed E-state index contributed by atoms with van der Waals surface area (Å²) in [7, 11) is 0. The third-order valence-corrected chi connectivity index (χ3v) is 4.58. The molecular formula is C23H23F2NO. The van der Waals surface area contributed by atoms with Crippen LogP contribution in [0.1, 0.15) is 16.7 Å². The topological polar surface area (TPSA) is 23.5 Å². The lowest BCUT2D eigenvalue weighted by atomic mass is 10.0. The van der Waals surface area contributed by atoms with Crippen molar-refractivity contribution in [1.29, 1.82) is 0 Å². The lowest BCUT2D eigenvalue weighted by Crippen LogP contribution is -2.38. The van der Waals surface area contributed by atoms with Gasteiger partial charge in [0, 0.05) is 25.2 Å². The fourth-order valence-corrected chi connectivity index (χ4v) is 3.26. The molecule has 1 unspecified atom stereocenters. The Balaban J connectivity index is 1.83. The predicted octanol–water partition coefficient (Wildman–Crippen LogP) is 4.57. The molecule has 0 spiro atoms. The molecular weight excluding hydrogens is 344 g/mol. The van der Waals surface area contributed by atoms with Gasteiger partial charge in [-0.3, -0.25) is 4.90 Å². The molecule has 0 amide bonds. The number of aliphatic hydroxyl groups excluding tert-OH is 1. The van der Waals surface area contributed by atoms with E-state index in [1.54, 1.807) is 0 Å². The van der Waals surface area contributed by atoms with Gasteiger partial charge in [0.1, 0.15) is 11.6 Å². The van der Waals surface area contributed by atoms with Crippen molar-refractivity contribution in [3.63, 3.8) is 0 Å². The minimum absolute atomic E-state index is 0.0994. The van der Waals surface area contributed by atoms with Crippen LogP contribution in [0, 0.1) is 11.6 Å². The Hall–Kier alpha value is -2.56. The molecule has 0 radical (unpaired) electrons. The van der Waals surface area contributed by atoms with Crippen LogP contribution in [0.2, 0.25) is 0 Å². The maximum Gasteiger partial charge on any atom is 0.126 e. The van der Waals surface area contributed by atoms with E-state index in [9.17, 15) is 13.9 Å². The van der Waals surface area contributed by atoms with Gasteiger partial charge >= 0.3 is 0 Å². The fraction of sp³-hybridized carbons (Fsp3) is 0.217. The first-order chi connectivity index (χ1) is 13.1. The summed E-state index contributed by atoms with van der Waals surface area (Å²) in [5.41, 5.74) is 2.78. The van der Waals surface area contributed by atoms with Crippen LogP contribution in [0.15, 0.2) is 78.9 Å². The summed E-state index contributed by atoms with van der Waals surface area (Å²) in [4.78, 5) is 2.15. The fourth-order valence-electron chi connectivity index (χ4n) is 3.26. The summed E-state index contributed by atoms with van der Waals surface area (Å²) in [5.74, 6) is -1.20. The van der Waals surface area contributed by atoms with Crippen molar-refractivity contribution in [1.82, 2.24) is 4.90 Å². The zero-order valence-electron chi connectivity index (χ0n) is 15.1. The first-order valence-electron chi connectivity index (χ1n) is 9.02. The average molecular weight is 367 g/mol. The van der Waals surface area contributed by atoms with Crippen molar-refractivity contribution >= 4 is 0 Å². The molecule has 27 heavy (non-hydrogen) atoms. The molecule has 1 atom stereocenters. The van der Waals surface area contributed by atoms with Gasteiger partial charge in [-0.1, -0.05) is 60.7 Å². The van der Waals surface area contributed by atoms with E-state index in [-0.39, 0.29) is 12.6 Å². The molecule has 0 aliphatic heterocycles. The van der Waals surface area contributed by atoms with Crippen molar-refractivity contribution in [2.45, 2.75) is 25.6 Å². The maximum absolute atomic E-state index is 13.6. The zero-order chi connectivity index (χ0) is 19.1. The molecule has 2 nitrogen and oxygen atoms in total. The zero-order valence-corrected chi connectivity index (χ0v) is 15.1. The number of aliphatic hydroxyl groups is 1. The monoisotopic (exact) mass is 367 g/mol. The summed E-state index contributed by atoms with van der Waals surface area (Å²) < 4.78 is 27.1. The van der Waals surface area contributed by atoms with Gasteiger partial charge < -0.3 is 5.11 Å². The smallest absolute Gasteiger partial charge is 0.126 e. The molecule has 0 aromatic heterocycles. The van der Waals surface area contributed by atoms with E-state index in [0.717, 1.165) is 17.2 Å². The highest BCUT2D eigenvalue weighted by Gasteiger charge is 2.20. The molecule has 0 saturated carbocycles. The summed E-state index contributed by atoms with van der Waals surface area (Å²) in [6.07, 6.45) is 0.366. The first kappa shape index (κ1) is 19.2. The van der Waals surface area contributed by atoms with Crippen molar-refractivity contribution in [2.24, 2.45) is 0 Å². The van der Waals surface area contributed by atoms with E-state index >= 15 is 0 Å². The van der Waals surface area contributed by atoms with Crippen LogP contribution in [-0.4, -0.2) is 22.7 Å². The number of nitrogens with zero attached hydrogens (tertiary/aromatic N) is 1. The van der Waals surface area contributed by atoms with Crippen LogP contribution in [0.3, 0.4) is 0 Å². The van der Waals surface area contributed by atoms with Gasteiger partial charge in [-0.2, -0.15) is 0 Å². The number of rotatable bonds is 8. The SMILES string of the molecule is OCC(Cc1cc(F)cc(F)c1)N(Cc1ccccc1)Cc1ccccc1. The Kier molecular flexibility index (Phi) is 6.69. The van der Waals surface area contributed by atoms with Crippen molar-refractivity contribution in [3.8, 4) is 0 Å². The third kappa shape index (κ3) is 5.71. The Morgan fingerprint density at radius 2 is 1.19 bits per heavy atom. The summed E-state index contributed by atoms with van der Waals surface area (Å²) in [6, 6.07) is 23.2. The van der Waals surface area contributed by atoms with Crippen molar-refractivity contribution < 1.29 is 13.9 Å². The highest BCUT2D eigenvalue weighted by Crippen LogP contribution is 2.18. The molecule has 0 saturated heterocycles. The van der Waals surface area contributed by atoms with Crippen molar-refractivity contribution in [3.05, 3.63) is 107 Å². The van der Waals surface area contributed by atoms with Crippen LogP contribution in [0.5, 0.6) is 0 Å². The summed E-state index contributed by atoms with van der Waals surface area (Å²) in [5, 5.41) is 10.0.